The zero-order valence-corrected chi connectivity index (χ0v) is 9.31. The summed E-state index contributed by atoms with van der Waals surface area (Å²) in [5.41, 5.74) is 1.30. The highest BCUT2D eigenvalue weighted by atomic mass is 16.4. The number of rotatable bonds is 3. The minimum absolute atomic E-state index is 0.0166. The fraction of sp³-hybridized carbons (Fsp3) is 0.333. The summed E-state index contributed by atoms with van der Waals surface area (Å²) in [4.78, 5) is 2.31. The lowest BCUT2D eigenvalue weighted by molar-refractivity contribution is 0.264. The van der Waals surface area contributed by atoms with Crippen LogP contribution in [0.1, 0.15) is 12.5 Å². The first-order valence-corrected chi connectivity index (χ1v) is 5.24. The molecule has 1 aromatic carbocycles. The largest absolute Gasteiger partial charge is 0.427 e. The molecule has 2 rings (SSSR count). The maximum absolute atomic E-state index is 5.23. The van der Waals surface area contributed by atoms with Crippen molar-refractivity contribution in [2.24, 2.45) is 0 Å². The van der Waals surface area contributed by atoms with E-state index in [2.05, 4.69) is 48.2 Å². The molecule has 0 spiro atoms. The molecular weight excluding hydrogens is 185 g/mol. The molecule has 0 N–H and O–H groups in total. The van der Waals surface area contributed by atoms with Crippen LogP contribution in [-0.2, 0) is 10.2 Å². The van der Waals surface area contributed by atoms with E-state index in [1.54, 1.807) is 7.11 Å². The van der Waals surface area contributed by atoms with Gasteiger partial charge in [0.2, 0.25) is 0 Å². The van der Waals surface area contributed by atoms with Crippen molar-refractivity contribution in [2.45, 2.75) is 12.5 Å². The first-order valence-electron chi connectivity index (χ1n) is 5.24. The van der Waals surface area contributed by atoms with Crippen molar-refractivity contribution in [3.63, 3.8) is 0 Å². The highest BCUT2D eigenvalue weighted by molar-refractivity contribution is 6.24. The molecule has 1 heterocycles. The van der Waals surface area contributed by atoms with Gasteiger partial charge >= 0.3 is 7.62 Å². The van der Waals surface area contributed by atoms with Gasteiger partial charge in [-0.2, -0.15) is 0 Å². The van der Waals surface area contributed by atoms with E-state index in [-0.39, 0.29) is 5.54 Å². The fourth-order valence-electron chi connectivity index (χ4n) is 2.10. The van der Waals surface area contributed by atoms with Crippen LogP contribution in [0.4, 0.5) is 0 Å². The molecule has 0 bridgehead atoms. The Hall–Kier alpha value is -1.06. The van der Waals surface area contributed by atoms with Gasteiger partial charge in [-0.05, 0) is 12.5 Å². The lowest BCUT2D eigenvalue weighted by Crippen LogP contribution is -2.42. The van der Waals surface area contributed by atoms with Gasteiger partial charge in [0.25, 0.3) is 0 Å². The fourth-order valence-corrected chi connectivity index (χ4v) is 2.10. The quantitative estimate of drug-likeness (QED) is 0.545. The third-order valence-electron chi connectivity index (χ3n) is 3.07. The van der Waals surface area contributed by atoms with Gasteiger partial charge in [-0.3, -0.25) is 0 Å². The van der Waals surface area contributed by atoms with Crippen LogP contribution < -0.4 is 0 Å². The summed E-state index contributed by atoms with van der Waals surface area (Å²) in [5, 5.41) is 0. The van der Waals surface area contributed by atoms with Crippen LogP contribution in [-0.4, -0.2) is 26.1 Å². The molecule has 0 aromatic heterocycles. The van der Waals surface area contributed by atoms with Gasteiger partial charge in [0.1, 0.15) is 0 Å². The van der Waals surface area contributed by atoms with Crippen LogP contribution in [0.25, 0.3) is 0 Å². The molecule has 2 nitrogen and oxygen atoms in total. The Balaban J connectivity index is 2.29. The molecule has 0 fully saturated rings. The monoisotopic (exact) mass is 201 g/mol. The Morgan fingerprint density at radius 1 is 1.33 bits per heavy atom. The zero-order valence-electron chi connectivity index (χ0n) is 9.31. The highest BCUT2D eigenvalue weighted by Gasteiger charge is 2.34. The van der Waals surface area contributed by atoms with Crippen molar-refractivity contribution in [3.8, 4) is 0 Å². The van der Waals surface area contributed by atoms with Gasteiger partial charge in [0.15, 0.2) is 0 Å². The van der Waals surface area contributed by atoms with Crippen molar-refractivity contribution >= 4 is 7.62 Å². The molecule has 0 saturated heterocycles. The topological polar surface area (TPSA) is 12.5 Å². The van der Waals surface area contributed by atoms with Crippen LogP contribution in [0.3, 0.4) is 0 Å². The Morgan fingerprint density at radius 2 is 2.07 bits per heavy atom. The van der Waals surface area contributed by atoms with E-state index in [9.17, 15) is 0 Å². The summed E-state index contributed by atoms with van der Waals surface area (Å²) in [6, 6.07) is 10.5. The van der Waals surface area contributed by atoms with Crippen molar-refractivity contribution < 1.29 is 4.65 Å². The van der Waals surface area contributed by atoms with Gasteiger partial charge in [-0.1, -0.05) is 42.5 Å². The average Bonchev–Trinajstić information content (AvgIpc) is 2.64. The smallest absolute Gasteiger partial charge is 0.364 e. The van der Waals surface area contributed by atoms with E-state index in [4.69, 9.17) is 4.65 Å². The molecule has 1 aliphatic rings. The molecule has 1 aromatic rings. The first-order chi connectivity index (χ1) is 7.27. The van der Waals surface area contributed by atoms with Gasteiger partial charge in [0, 0.05) is 13.7 Å². The van der Waals surface area contributed by atoms with E-state index in [1.807, 2.05) is 6.07 Å². The van der Waals surface area contributed by atoms with Gasteiger partial charge in [-0.25, -0.2) is 0 Å². The predicted molar refractivity (Wildman–Crippen MR) is 63.8 cm³/mol. The summed E-state index contributed by atoms with van der Waals surface area (Å²) < 4.78 is 5.23. The van der Waals surface area contributed by atoms with Crippen molar-refractivity contribution in [1.82, 2.24) is 4.81 Å². The molecule has 0 saturated carbocycles. The summed E-state index contributed by atoms with van der Waals surface area (Å²) >= 11 is 0. The van der Waals surface area contributed by atoms with Crippen LogP contribution >= 0.6 is 0 Å². The third kappa shape index (κ3) is 1.85. The van der Waals surface area contributed by atoms with Gasteiger partial charge in [-0.15, -0.1) is 0 Å². The molecule has 15 heavy (non-hydrogen) atoms. The minimum atomic E-state index is -0.0166. The standard InChI is InChI=1S/C12H16BNO/c1-12(11-7-4-3-5-8-11)9-6-10-14(12)13-15-2/h3-9,13H,10H2,1-2H3. The Kier molecular flexibility index (Phi) is 2.94. The Labute approximate surface area is 91.8 Å². The van der Waals surface area contributed by atoms with E-state index >= 15 is 0 Å². The highest BCUT2D eigenvalue weighted by Crippen LogP contribution is 2.32. The Morgan fingerprint density at radius 3 is 2.73 bits per heavy atom. The van der Waals surface area contributed by atoms with E-state index in [1.165, 1.54) is 5.56 Å². The lowest BCUT2D eigenvalue weighted by atomic mass is 9.88. The summed E-state index contributed by atoms with van der Waals surface area (Å²) in [6.07, 6.45) is 4.45. The molecule has 1 atom stereocenters. The lowest BCUT2D eigenvalue weighted by Gasteiger charge is -2.34. The molecule has 0 radical (unpaired) electrons. The first kappa shape index (κ1) is 10.5. The normalized spacial score (nSPS) is 25.7. The maximum Gasteiger partial charge on any atom is 0.364 e. The third-order valence-corrected chi connectivity index (χ3v) is 3.07. The summed E-state index contributed by atoms with van der Waals surface area (Å²) in [6.45, 7) is 3.18. The van der Waals surface area contributed by atoms with E-state index in [0.29, 0.717) is 7.62 Å². The molecule has 1 unspecified atom stereocenters. The van der Waals surface area contributed by atoms with E-state index < -0.39 is 0 Å². The van der Waals surface area contributed by atoms with Crippen LogP contribution in [0, 0.1) is 0 Å². The number of hydrogen-bond acceptors (Lipinski definition) is 2. The molecule has 1 aliphatic heterocycles. The summed E-state index contributed by atoms with van der Waals surface area (Å²) in [7, 11) is 2.40. The second kappa shape index (κ2) is 4.21. The second-order valence-electron chi connectivity index (χ2n) is 4.06. The second-order valence-corrected chi connectivity index (χ2v) is 4.06. The number of benzene rings is 1. The predicted octanol–water partition coefficient (Wildman–Crippen LogP) is 1.69. The SMILES string of the molecule is COBN1CC=CC1(C)c1ccccc1. The zero-order chi connectivity index (χ0) is 10.7. The number of nitrogens with zero attached hydrogens (tertiary/aromatic N) is 1. The van der Waals surface area contributed by atoms with Gasteiger partial charge in [0.05, 0.1) is 5.54 Å². The summed E-state index contributed by atoms with van der Waals surface area (Å²) in [5.74, 6) is 0. The van der Waals surface area contributed by atoms with Crippen LogP contribution in [0.5, 0.6) is 0 Å². The molecular formula is C12H16BNO. The molecule has 0 aliphatic carbocycles. The molecule has 0 amide bonds. The van der Waals surface area contributed by atoms with Crippen LogP contribution in [0.15, 0.2) is 42.5 Å². The van der Waals surface area contributed by atoms with E-state index in [0.717, 1.165) is 6.54 Å². The number of hydrogen-bond donors (Lipinski definition) is 0. The molecule has 78 valence electrons. The minimum Gasteiger partial charge on any atom is -0.427 e. The average molecular weight is 201 g/mol. The van der Waals surface area contributed by atoms with Crippen molar-refractivity contribution in [1.29, 1.82) is 0 Å². The maximum atomic E-state index is 5.23. The van der Waals surface area contributed by atoms with Crippen molar-refractivity contribution in [2.75, 3.05) is 13.7 Å². The molecule has 3 heteroatoms. The Bertz CT molecular complexity index is 352. The van der Waals surface area contributed by atoms with Gasteiger partial charge < -0.3 is 9.47 Å². The van der Waals surface area contributed by atoms with Crippen LogP contribution in [0.2, 0.25) is 0 Å². The van der Waals surface area contributed by atoms with Crippen molar-refractivity contribution in [3.05, 3.63) is 48.0 Å².